The van der Waals surface area contributed by atoms with Crippen molar-refractivity contribution in [2.24, 2.45) is 0 Å². The molecule has 5 nitrogen and oxygen atoms in total. The van der Waals surface area contributed by atoms with Crippen LogP contribution < -0.4 is 5.32 Å². The molecule has 3 rings (SSSR count). The summed E-state index contributed by atoms with van der Waals surface area (Å²) in [6.07, 6.45) is 3.85. The Kier molecular flexibility index (Phi) is 3.64. The minimum Gasteiger partial charge on any atom is -0.361 e. The van der Waals surface area contributed by atoms with Crippen LogP contribution in [-0.2, 0) is 16.0 Å². The summed E-state index contributed by atoms with van der Waals surface area (Å²) in [5, 5.41) is 4.13. The molecular formula is C16H19N3O2. The van der Waals surface area contributed by atoms with Crippen LogP contribution in [0.1, 0.15) is 18.4 Å². The normalized spacial score (nSPS) is 18.4. The summed E-state index contributed by atoms with van der Waals surface area (Å²) in [4.78, 5) is 28.3. The van der Waals surface area contributed by atoms with E-state index in [1.807, 2.05) is 24.4 Å². The molecule has 0 saturated carbocycles. The first-order valence-corrected chi connectivity index (χ1v) is 7.25. The van der Waals surface area contributed by atoms with Crippen LogP contribution in [-0.4, -0.2) is 41.3 Å². The molecule has 1 fully saturated rings. The number of H-pyrrole nitrogens is 1. The number of likely N-dealkylation sites (N-methyl/N-ethyl adjacent to an activating group) is 1. The topological polar surface area (TPSA) is 65.2 Å². The Hall–Kier alpha value is -2.30. The molecule has 1 unspecified atom stereocenters. The number of nitrogens with zero attached hydrogens (tertiary/aromatic N) is 1. The third kappa shape index (κ3) is 2.63. The van der Waals surface area contributed by atoms with Gasteiger partial charge in [-0.05, 0) is 24.5 Å². The Morgan fingerprint density at radius 2 is 2.24 bits per heavy atom. The molecule has 2 aromatic rings. The van der Waals surface area contributed by atoms with Crippen LogP contribution in [0.25, 0.3) is 10.9 Å². The van der Waals surface area contributed by atoms with Crippen molar-refractivity contribution >= 4 is 22.7 Å². The first-order valence-electron chi connectivity index (χ1n) is 7.25. The fourth-order valence-corrected chi connectivity index (χ4v) is 2.89. The number of aromatic amines is 1. The third-order valence-electron chi connectivity index (χ3n) is 4.16. The number of amides is 2. The highest BCUT2D eigenvalue weighted by molar-refractivity contribution is 5.90. The van der Waals surface area contributed by atoms with E-state index in [-0.39, 0.29) is 17.9 Å². The molecule has 0 radical (unpaired) electrons. The standard InChI is InChI=1S/C16H19N3O2/c1-19-14(6-7-15(19)20)16(21)17-9-8-11-10-18-13-5-3-2-4-12(11)13/h2-5,10,14,18H,6-9H2,1H3,(H,17,21). The molecule has 1 aromatic carbocycles. The van der Waals surface area contributed by atoms with E-state index in [9.17, 15) is 9.59 Å². The molecule has 1 atom stereocenters. The minimum absolute atomic E-state index is 0.0479. The molecule has 0 aliphatic carbocycles. The number of hydrogen-bond donors (Lipinski definition) is 2. The van der Waals surface area contributed by atoms with Crippen molar-refractivity contribution in [3.63, 3.8) is 0 Å². The maximum Gasteiger partial charge on any atom is 0.242 e. The van der Waals surface area contributed by atoms with E-state index in [0.29, 0.717) is 19.4 Å². The van der Waals surface area contributed by atoms with Crippen molar-refractivity contribution in [1.82, 2.24) is 15.2 Å². The molecule has 2 heterocycles. The lowest BCUT2D eigenvalue weighted by molar-refractivity contribution is -0.133. The van der Waals surface area contributed by atoms with Gasteiger partial charge in [0.1, 0.15) is 6.04 Å². The number of carbonyl (C=O) groups excluding carboxylic acids is 2. The largest absolute Gasteiger partial charge is 0.361 e. The van der Waals surface area contributed by atoms with Crippen LogP contribution >= 0.6 is 0 Å². The van der Waals surface area contributed by atoms with E-state index < -0.39 is 0 Å². The first-order chi connectivity index (χ1) is 10.2. The summed E-state index contributed by atoms with van der Waals surface area (Å²) < 4.78 is 0. The van der Waals surface area contributed by atoms with Crippen LogP contribution in [0.5, 0.6) is 0 Å². The van der Waals surface area contributed by atoms with Gasteiger partial charge in [0.2, 0.25) is 11.8 Å². The zero-order valence-electron chi connectivity index (χ0n) is 12.1. The number of hydrogen-bond acceptors (Lipinski definition) is 2. The van der Waals surface area contributed by atoms with Gasteiger partial charge in [0.05, 0.1) is 0 Å². The van der Waals surface area contributed by atoms with Crippen LogP contribution in [0.4, 0.5) is 0 Å². The Morgan fingerprint density at radius 1 is 1.43 bits per heavy atom. The lowest BCUT2D eigenvalue weighted by Crippen LogP contribution is -2.43. The zero-order chi connectivity index (χ0) is 14.8. The predicted octanol–water partition coefficient (Wildman–Crippen LogP) is 1.45. The highest BCUT2D eigenvalue weighted by atomic mass is 16.2. The van der Waals surface area contributed by atoms with E-state index in [0.717, 1.165) is 11.9 Å². The van der Waals surface area contributed by atoms with E-state index in [4.69, 9.17) is 0 Å². The summed E-state index contributed by atoms with van der Waals surface area (Å²) in [6, 6.07) is 7.82. The van der Waals surface area contributed by atoms with Crippen molar-refractivity contribution in [1.29, 1.82) is 0 Å². The quantitative estimate of drug-likeness (QED) is 0.893. The monoisotopic (exact) mass is 285 g/mol. The predicted molar refractivity (Wildman–Crippen MR) is 80.8 cm³/mol. The molecule has 21 heavy (non-hydrogen) atoms. The van der Waals surface area contributed by atoms with Gasteiger partial charge in [-0.15, -0.1) is 0 Å². The minimum atomic E-state index is -0.305. The van der Waals surface area contributed by atoms with E-state index in [1.54, 1.807) is 11.9 Å². The molecule has 0 spiro atoms. The number of nitrogens with one attached hydrogen (secondary N) is 2. The first kappa shape index (κ1) is 13.7. The van der Waals surface area contributed by atoms with E-state index >= 15 is 0 Å². The lowest BCUT2D eigenvalue weighted by Gasteiger charge is -2.18. The lowest BCUT2D eigenvalue weighted by atomic mass is 10.1. The van der Waals surface area contributed by atoms with Crippen LogP contribution in [0.2, 0.25) is 0 Å². The van der Waals surface area contributed by atoms with Gasteiger partial charge < -0.3 is 15.2 Å². The molecular weight excluding hydrogens is 266 g/mol. The second kappa shape index (κ2) is 5.60. The number of likely N-dealkylation sites (tertiary alicyclic amines) is 1. The Balaban J connectivity index is 1.56. The third-order valence-corrected chi connectivity index (χ3v) is 4.16. The van der Waals surface area contributed by atoms with Gasteiger partial charge in [-0.1, -0.05) is 18.2 Å². The highest BCUT2D eigenvalue weighted by Gasteiger charge is 2.32. The van der Waals surface area contributed by atoms with Gasteiger partial charge in [-0.3, -0.25) is 9.59 Å². The molecule has 1 saturated heterocycles. The number of para-hydroxylation sites is 1. The van der Waals surface area contributed by atoms with Crippen LogP contribution in [0.3, 0.4) is 0 Å². The van der Waals surface area contributed by atoms with Gasteiger partial charge in [0.15, 0.2) is 0 Å². The maximum atomic E-state index is 12.1. The second-order valence-corrected chi connectivity index (χ2v) is 5.46. The van der Waals surface area contributed by atoms with Crippen LogP contribution in [0, 0.1) is 0 Å². The second-order valence-electron chi connectivity index (χ2n) is 5.46. The van der Waals surface area contributed by atoms with Crippen molar-refractivity contribution in [2.75, 3.05) is 13.6 Å². The van der Waals surface area contributed by atoms with Gasteiger partial charge in [0.25, 0.3) is 0 Å². The summed E-state index contributed by atoms with van der Waals surface area (Å²) in [5.74, 6) is -0.00466. The summed E-state index contributed by atoms with van der Waals surface area (Å²) >= 11 is 0. The average molecular weight is 285 g/mol. The highest BCUT2D eigenvalue weighted by Crippen LogP contribution is 2.18. The SMILES string of the molecule is CN1C(=O)CCC1C(=O)NCCc1c[nH]c2ccccc12. The van der Waals surface area contributed by atoms with Crippen molar-refractivity contribution in [2.45, 2.75) is 25.3 Å². The Morgan fingerprint density at radius 3 is 3.00 bits per heavy atom. The number of aromatic nitrogens is 1. The fourth-order valence-electron chi connectivity index (χ4n) is 2.89. The van der Waals surface area contributed by atoms with Gasteiger partial charge >= 0.3 is 0 Å². The number of carbonyl (C=O) groups is 2. The van der Waals surface area contributed by atoms with Crippen molar-refractivity contribution in [3.05, 3.63) is 36.0 Å². The molecule has 5 heteroatoms. The zero-order valence-corrected chi connectivity index (χ0v) is 12.1. The van der Waals surface area contributed by atoms with Gasteiger partial charge in [-0.25, -0.2) is 0 Å². The molecule has 1 aromatic heterocycles. The van der Waals surface area contributed by atoms with Crippen molar-refractivity contribution < 1.29 is 9.59 Å². The summed E-state index contributed by atoms with van der Waals surface area (Å²) in [7, 11) is 1.69. The molecule has 2 amide bonds. The maximum absolute atomic E-state index is 12.1. The summed E-state index contributed by atoms with van der Waals surface area (Å²) in [6.45, 7) is 0.583. The van der Waals surface area contributed by atoms with Crippen molar-refractivity contribution in [3.8, 4) is 0 Å². The Bertz CT molecular complexity index is 677. The molecule has 110 valence electrons. The van der Waals surface area contributed by atoms with E-state index in [1.165, 1.54) is 10.9 Å². The molecule has 1 aliphatic rings. The van der Waals surface area contributed by atoms with Crippen LogP contribution in [0.15, 0.2) is 30.5 Å². The number of benzene rings is 1. The number of rotatable bonds is 4. The molecule has 2 N–H and O–H groups in total. The average Bonchev–Trinajstić information content (AvgIpc) is 3.04. The molecule has 0 bridgehead atoms. The smallest absolute Gasteiger partial charge is 0.242 e. The molecule has 1 aliphatic heterocycles. The van der Waals surface area contributed by atoms with Gasteiger partial charge in [0, 0.05) is 37.1 Å². The Labute approximate surface area is 123 Å². The van der Waals surface area contributed by atoms with E-state index in [2.05, 4.69) is 16.4 Å². The number of fused-ring (bicyclic) bond motifs is 1. The fraction of sp³-hybridized carbons (Fsp3) is 0.375. The van der Waals surface area contributed by atoms with Gasteiger partial charge in [-0.2, -0.15) is 0 Å². The summed E-state index contributed by atoms with van der Waals surface area (Å²) in [5.41, 5.74) is 2.31.